The van der Waals surface area contributed by atoms with Crippen molar-refractivity contribution < 1.29 is 9.18 Å². The maximum Gasteiger partial charge on any atom is 0.237 e. The molecule has 0 radical (unpaired) electrons. The first-order valence-corrected chi connectivity index (χ1v) is 10.4. The molecule has 0 bridgehead atoms. The van der Waals surface area contributed by atoms with Gasteiger partial charge in [-0.05, 0) is 43.2 Å². The number of carbonyl (C=O) groups excluding carboxylic acids is 1. The van der Waals surface area contributed by atoms with Crippen LogP contribution < -0.4 is 10.6 Å². The van der Waals surface area contributed by atoms with Crippen LogP contribution in [0.3, 0.4) is 0 Å². The minimum absolute atomic E-state index is 0.00328. The molecule has 4 unspecified atom stereocenters. The summed E-state index contributed by atoms with van der Waals surface area (Å²) in [5.41, 5.74) is 0.0989. The van der Waals surface area contributed by atoms with Gasteiger partial charge in [0.05, 0.1) is 24.7 Å². The van der Waals surface area contributed by atoms with Crippen molar-refractivity contribution in [3.63, 3.8) is 0 Å². The van der Waals surface area contributed by atoms with Crippen LogP contribution in [0.15, 0.2) is 18.3 Å². The molecule has 7 nitrogen and oxygen atoms in total. The Labute approximate surface area is 177 Å². The fraction of sp³-hybridized carbons (Fsp3) is 0.636. The number of hydrogen-bond donors (Lipinski definition) is 2. The normalized spacial score (nSPS) is 29.9. The van der Waals surface area contributed by atoms with Crippen molar-refractivity contribution in [1.29, 1.82) is 10.5 Å². The topological polar surface area (TPSA) is 105 Å². The Bertz CT molecular complexity index is 875. The number of carbonyl (C=O) groups is 1. The average molecular weight is 413 g/mol. The molecule has 1 aliphatic heterocycles. The van der Waals surface area contributed by atoms with Crippen molar-refractivity contribution in [1.82, 2.24) is 15.2 Å². The monoisotopic (exact) mass is 412 g/mol. The van der Waals surface area contributed by atoms with E-state index in [1.54, 1.807) is 18.3 Å². The lowest BCUT2D eigenvalue weighted by molar-refractivity contribution is -0.131. The van der Waals surface area contributed by atoms with Gasteiger partial charge in [-0.3, -0.25) is 4.79 Å². The standard InChI is InChI=1S/C22H29FN6O/c1-21(2)16(12-27-20-15(10-24)5-4-8-26-20)6-7-22(21,3)28-13-19(30)29-14-17(23)9-18(29)11-25/h4-5,8,16-18,28H,6-7,9,12-14H2,1-3H3,(H,26,27). The number of likely N-dealkylation sites (tertiary alicyclic amines) is 1. The molecule has 0 spiro atoms. The number of nitrogens with zero attached hydrogens (tertiary/aromatic N) is 4. The van der Waals surface area contributed by atoms with E-state index < -0.39 is 12.2 Å². The number of halogens is 1. The second-order valence-electron chi connectivity index (χ2n) is 9.06. The first kappa shape index (κ1) is 22.0. The zero-order chi connectivity index (χ0) is 21.9. The summed E-state index contributed by atoms with van der Waals surface area (Å²) < 4.78 is 13.6. The quantitative estimate of drug-likeness (QED) is 0.744. The van der Waals surface area contributed by atoms with E-state index in [0.29, 0.717) is 23.8 Å². The maximum absolute atomic E-state index is 13.6. The summed E-state index contributed by atoms with van der Waals surface area (Å²) in [5, 5.41) is 25.1. The number of pyridine rings is 1. The molecule has 2 heterocycles. The lowest BCUT2D eigenvalue weighted by Gasteiger charge is -2.43. The van der Waals surface area contributed by atoms with Crippen LogP contribution in [0.2, 0.25) is 0 Å². The molecule has 30 heavy (non-hydrogen) atoms. The van der Waals surface area contributed by atoms with Gasteiger partial charge in [-0.15, -0.1) is 0 Å². The van der Waals surface area contributed by atoms with Gasteiger partial charge < -0.3 is 15.5 Å². The largest absolute Gasteiger partial charge is 0.369 e. The highest BCUT2D eigenvalue weighted by Gasteiger charge is 2.51. The van der Waals surface area contributed by atoms with E-state index >= 15 is 0 Å². The first-order valence-electron chi connectivity index (χ1n) is 10.4. The van der Waals surface area contributed by atoms with Gasteiger partial charge in [-0.25, -0.2) is 9.37 Å². The summed E-state index contributed by atoms with van der Waals surface area (Å²) in [7, 11) is 0. The predicted octanol–water partition coefficient (Wildman–Crippen LogP) is 2.61. The van der Waals surface area contributed by atoms with Gasteiger partial charge in [0.25, 0.3) is 0 Å². The number of amides is 1. The van der Waals surface area contributed by atoms with Crippen molar-refractivity contribution in [3.05, 3.63) is 23.9 Å². The van der Waals surface area contributed by atoms with E-state index in [-0.39, 0.29) is 36.4 Å². The molecule has 1 amide bonds. The Morgan fingerprint density at radius 2 is 2.17 bits per heavy atom. The van der Waals surface area contributed by atoms with Gasteiger partial charge in [-0.1, -0.05) is 13.8 Å². The predicted molar refractivity (Wildman–Crippen MR) is 111 cm³/mol. The molecular weight excluding hydrogens is 383 g/mol. The number of nitrogens with one attached hydrogen (secondary N) is 2. The van der Waals surface area contributed by atoms with E-state index in [1.165, 1.54) is 4.90 Å². The van der Waals surface area contributed by atoms with Crippen LogP contribution >= 0.6 is 0 Å². The number of rotatable bonds is 6. The van der Waals surface area contributed by atoms with Gasteiger partial charge in [0, 0.05) is 24.7 Å². The molecule has 1 aromatic heterocycles. The maximum atomic E-state index is 13.6. The summed E-state index contributed by atoms with van der Waals surface area (Å²) in [6.45, 7) is 7.24. The molecule has 8 heteroatoms. The first-order chi connectivity index (χ1) is 14.2. The van der Waals surface area contributed by atoms with Crippen LogP contribution in [-0.4, -0.2) is 53.2 Å². The smallest absolute Gasteiger partial charge is 0.237 e. The Morgan fingerprint density at radius 3 is 2.87 bits per heavy atom. The van der Waals surface area contributed by atoms with Gasteiger partial charge in [0.2, 0.25) is 5.91 Å². The molecule has 1 saturated heterocycles. The van der Waals surface area contributed by atoms with E-state index in [4.69, 9.17) is 0 Å². The fourth-order valence-corrected chi connectivity index (χ4v) is 4.68. The fourth-order valence-electron chi connectivity index (χ4n) is 4.68. The molecule has 2 fully saturated rings. The van der Waals surface area contributed by atoms with Crippen LogP contribution in [0, 0.1) is 34.0 Å². The van der Waals surface area contributed by atoms with E-state index in [9.17, 15) is 19.7 Å². The molecule has 3 rings (SSSR count). The summed E-state index contributed by atoms with van der Waals surface area (Å²) >= 11 is 0. The van der Waals surface area contributed by atoms with Crippen LogP contribution in [-0.2, 0) is 4.79 Å². The lowest BCUT2D eigenvalue weighted by atomic mass is 9.71. The van der Waals surface area contributed by atoms with Gasteiger partial charge >= 0.3 is 0 Å². The third-order valence-electron chi connectivity index (χ3n) is 7.23. The average Bonchev–Trinajstić information content (AvgIpc) is 3.22. The van der Waals surface area contributed by atoms with E-state index in [2.05, 4.69) is 42.5 Å². The van der Waals surface area contributed by atoms with Gasteiger partial charge in [0.15, 0.2) is 0 Å². The van der Waals surface area contributed by atoms with E-state index in [1.807, 2.05) is 6.07 Å². The number of nitriles is 2. The van der Waals surface area contributed by atoms with Gasteiger partial charge in [0.1, 0.15) is 24.1 Å². The molecule has 1 saturated carbocycles. The zero-order valence-corrected chi connectivity index (χ0v) is 17.8. The Kier molecular flexibility index (Phi) is 6.28. The number of aromatic nitrogens is 1. The van der Waals surface area contributed by atoms with Crippen LogP contribution in [0.1, 0.15) is 45.6 Å². The highest BCUT2D eigenvalue weighted by molar-refractivity contribution is 5.79. The van der Waals surface area contributed by atoms with E-state index in [0.717, 1.165) is 12.8 Å². The second kappa shape index (κ2) is 8.57. The third-order valence-corrected chi connectivity index (χ3v) is 7.23. The Balaban J connectivity index is 1.60. The number of hydrogen-bond acceptors (Lipinski definition) is 6. The summed E-state index contributed by atoms with van der Waals surface area (Å²) in [5.74, 6) is 0.671. The lowest BCUT2D eigenvalue weighted by Crippen LogP contribution is -2.55. The minimum Gasteiger partial charge on any atom is -0.369 e. The summed E-state index contributed by atoms with van der Waals surface area (Å²) in [4.78, 5) is 18.2. The third kappa shape index (κ3) is 4.11. The van der Waals surface area contributed by atoms with Crippen LogP contribution in [0.5, 0.6) is 0 Å². The molecule has 1 aromatic rings. The van der Waals surface area contributed by atoms with Crippen molar-refractivity contribution in [3.8, 4) is 12.1 Å². The Morgan fingerprint density at radius 1 is 1.40 bits per heavy atom. The van der Waals surface area contributed by atoms with Crippen molar-refractivity contribution in [2.24, 2.45) is 11.3 Å². The second-order valence-corrected chi connectivity index (χ2v) is 9.06. The molecule has 0 aromatic carbocycles. The SMILES string of the molecule is CC1(NCC(=O)N2CC(F)CC2C#N)CCC(CNc2ncccc2C#N)C1(C)C. The molecule has 2 aliphatic rings. The molecule has 2 N–H and O–H groups in total. The van der Waals surface area contributed by atoms with Crippen LogP contribution in [0.25, 0.3) is 0 Å². The van der Waals surface area contributed by atoms with Gasteiger partial charge in [-0.2, -0.15) is 10.5 Å². The zero-order valence-electron chi connectivity index (χ0n) is 17.8. The van der Waals surface area contributed by atoms with Crippen LogP contribution in [0.4, 0.5) is 10.2 Å². The molecular formula is C22H29FN6O. The summed E-state index contributed by atoms with van der Waals surface area (Å²) in [6, 6.07) is 6.98. The number of alkyl halides is 1. The highest BCUT2D eigenvalue weighted by Crippen LogP contribution is 2.50. The van der Waals surface area contributed by atoms with Crippen molar-refractivity contribution in [2.45, 2.75) is 57.8 Å². The number of anilines is 1. The summed E-state index contributed by atoms with van der Waals surface area (Å²) in [6.07, 6.45) is 2.48. The molecule has 1 aliphatic carbocycles. The van der Waals surface area contributed by atoms with Crippen molar-refractivity contribution in [2.75, 3.05) is 25.0 Å². The highest BCUT2D eigenvalue weighted by atomic mass is 19.1. The van der Waals surface area contributed by atoms with Crippen molar-refractivity contribution >= 4 is 11.7 Å². The molecule has 4 atom stereocenters. The molecule has 160 valence electrons. The Hall–Kier alpha value is -2.71. The minimum atomic E-state index is -1.13.